The van der Waals surface area contributed by atoms with E-state index >= 15 is 0 Å². The lowest BCUT2D eigenvalue weighted by atomic mass is 9.94. The Hall–Kier alpha value is -1.80. The maximum atomic E-state index is 12.8. The fourth-order valence-corrected chi connectivity index (χ4v) is 4.48. The van der Waals surface area contributed by atoms with Gasteiger partial charge in [0.1, 0.15) is 0 Å². The molecule has 0 bridgehead atoms. The third-order valence-electron chi connectivity index (χ3n) is 4.85. The molecule has 6 heteroatoms. The molecule has 25 heavy (non-hydrogen) atoms. The van der Waals surface area contributed by atoms with E-state index in [2.05, 4.69) is 51.1 Å². The van der Waals surface area contributed by atoms with Gasteiger partial charge in [0.05, 0.1) is 23.0 Å². The Bertz CT molecular complexity index is 818. The third kappa shape index (κ3) is 3.08. The van der Waals surface area contributed by atoms with Gasteiger partial charge in [0.25, 0.3) is 0 Å². The number of H-pyrrole nitrogens is 1. The van der Waals surface area contributed by atoms with E-state index in [-0.39, 0.29) is 11.8 Å². The molecule has 0 spiro atoms. The van der Waals surface area contributed by atoms with E-state index in [1.165, 1.54) is 0 Å². The molecule has 2 heterocycles. The van der Waals surface area contributed by atoms with Crippen molar-refractivity contribution in [2.24, 2.45) is 5.84 Å². The summed E-state index contributed by atoms with van der Waals surface area (Å²) in [5.41, 5.74) is 4.66. The molecule has 2 atom stereocenters. The molecule has 0 saturated carbocycles. The van der Waals surface area contributed by atoms with Crippen LogP contribution in [0.4, 0.5) is 5.69 Å². The van der Waals surface area contributed by atoms with Gasteiger partial charge in [-0.15, -0.1) is 0 Å². The van der Waals surface area contributed by atoms with Crippen LogP contribution >= 0.6 is 22.6 Å². The highest BCUT2D eigenvalue weighted by Crippen LogP contribution is 2.39. The first-order valence-electron chi connectivity index (χ1n) is 8.55. The zero-order valence-electron chi connectivity index (χ0n) is 13.8. The quantitative estimate of drug-likeness (QED) is 0.288. The van der Waals surface area contributed by atoms with Crippen molar-refractivity contribution in [2.75, 3.05) is 11.6 Å². The Morgan fingerprint density at radius 3 is 2.88 bits per heavy atom. The van der Waals surface area contributed by atoms with Crippen molar-refractivity contribution in [3.05, 3.63) is 59.6 Å². The van der Waals surface area contributed by atoms with Crippen molar-refractivity contribution in [3.8, 4) is 0 Å². The Kier molecular flexibility index (Phi) is 4.56. The van der Waals surface area contributed by atoms with E-state index in [0.717, 1.165) is 47.6 Å². The predicted molar refractivity (Wildman–Crippen MR) is 110 cm³/mol. The van der Waals surface area contributed by atoms with E-state index in [4.69, 9.17) is 5.84 Å². The number of aromatic amines is 1. The standard InChI is InChI=1S/C19H21IN4O/c20-13-10-15-17(16(25)11-13)19(24(21)14-4-2-1-3-5-14)18(23-15)12-6-8-22-9-7-12/h1-4,6-8,13-14,22-23H,5,9-11,21H2. The molecule has 2 unspecified atom stereocenters. The summed E-state index contributed by atoms with van der Waals surface area (Å²) < 4.78 is 0.332. The number of carbonyl (C=O) groups is 1. The number of allylic oxidation sites excluding steroid dienone is 4. The van der Waals surface area contributed by atoms with Crippen molar-refractivity contribution in [1.82, 2.24) is 10.3 Å². The Labute approximate surface area is 160 Å². The highest BCUT2D eigenvalue weighted by Gasteiger charge is 2.33. The number of rotatable bonds is 3. The summed E-state index contributed by atoms with van der Waals surface area (Å²) in [6.45, 7) is 0.772. The first-order valence-corrected chi connectivity index (χ1v) is 9.79. The zero-order valence-corrected chi connectivity index (χ0v) is 16.0. The first-order chi connectivity index (χ1) is 12.1. The van der Waals surface area contributed by atoms with Crippen LogP contribution < -0.4 is 16.2 Å². The number of anilines is 1. The van der Waals surface area contributed by atoms with Crippen LogP contribution in [-0.2, 0) is 6.42 Å². The largest absolute Gasteiger partial charge is 0.387 e. The number of nitrogens with two attached hydrogens (primary N) is 1. The second-order valence-corrected chi connectivity index (χ2v) is 8.32. The van der Waals surface area contributed by atoms with Gasteiger partial charge < -0.3 is 15.3 Å². The summed E-state index contributed by atoms with van der Waals surface area (Å²) in [4.78, 5) is 16.3. The van der Waals surface area contributed by atoms with Crippen molar-refractivity contribution in [2.45, 2.75) is 29.2 Å². The number of alkyl halides is 1. The molecular weight excluding hydrogens is 427 g/mol. The molecule has 3 aliphatic rings. The summed E-state index contributed by atoms with van der Waals surface area (Å²) in [6, 6.07) is 0.0556. The molecule has 0 amide bonds. The maximum absolute atomic E-state index is 12.8. The minimum absolute atomic E-state index is 0.0556. The molecule has 0 aromatic carbocycles. The number of ketones is 1. The van der Waals surface area contributed by atoms with E-state index < -0.39 is 0 Å². The molecule has 1 aromatic heterocycles. The lowest BCUT2D eigenvalue weighted by Gasteiger charge is -2.29. The predicted octanol–water partition coefficient (Wildman–Crippen LogP) is 3.01. The van der Waals surface area contributed by atoms with Gasteiger partial charge in [-0.05, 0) is 24.3 Å². The average molecular weight is 448 g/mol. The Morgan fingerprint density at radius 2 is 2.16 bits per heavy atom. The lowest BCUT2D eigenvalue weighted by Crippen LogP contribution is -2.41. The van der Waals surface area contributed by atoms with Crippen molar-refractivity contribution in [3.63, 3.8) is 0 Å². The van der Waals surface area contributed by atoms with Crippen LogP contribution in [0, 0.1) is 0 Å². The van der Waals surface area contributed by atoms with Crippen molar-refractivity contribution >= 4 is 39.6 Å². The number of hydrogen-bond donors (Lipinski definition) is 3. The second kappa shape index (κ2) is 6.84. The van der Waals surface area contributed by atoms with Crippen molar-refractivity contribution in [1.29, 1.82) is 0 Å². The van der Waals surface area contributed by atoms with Crippen LogP contribution in [-0.4, -0.2) is 27.3 Å². The number of nitrogens with one attached hydrogen (secondary N) is 2. The molecule has 4 N–H and O–H groups in total. The second-order valence-electron chi connectivity index (χ2n) is 6.56. The monoisotopic (exact) mass is 448 g/mol. The van der Waals surface area contributed by atoms with Gasteiger partial charge in [-0.3, -0.25) is 4.79 Å². The fraction of sp³-hybridized carbons (Fsp3) is 0.316. The number of halogens is 1. The topological polar surface area (TPSA) is 74.2 Å². The fourth-order valence-electron chi connectivity index (χ4n) is 3.64. The number of hydrogen-bond acceptors (Lipinski definition) is 4. The van der Waals surface area contributed by atoms with E-state index in [1.54, 1.807) is 5.01 Å². The van der Waals surface area contributed by atoms with Crippen LogP contribution in [0.1, 0.15) is 34.6 Å². The highest BCUT2D eigenvalue weighted by atomic mass is 127. The third-order valence-corrected chi connectivity index (χ3v) is 5.73. The highest BCUT2D eigenvalue weighted by molar-refractivity contribution is 14.1. The van der Waals surface area contributed by atoms with Gasteiger partial charge in [0, 0.05) is 29.0 Å². The molecule has 2 aliphatic carbocycles. The number of aromatic nitrogens is 1. The number of dihydropyridines is 1. The Balaban J connectivity index is 1.83. The van der Waals surface area contributed by atoms with E-state index in [1.807, 2.05) is 24.4 Å². The van der Waals surface area contributed by atoms with Crippen LogP contribution in [0.15, 0.2) is 42.7 Å². The number of nitrogens with zero attached hydrogens (tertiary/aromatic N) is 1. The van der Waals surface area contributed by atoms with Crippen LogP contribution in [0.5, 0.6) is 0 Å². The van der Waals surface area contributed by atoms with Crippen LogP contribution in [0.25, 0.3) is 5.57 Å². The average Bonchev–Trinajstić information content (AvgIpc) is 3.02. The van der Waals surface area contributed by atoms with Gasteiger partial charge in [0.15, 0.2) is 5.78 Å². The molecular formula is C19H21IN4O. The van der Waals surface area contributed by atoms with Crippen LogP contribution in [0.3, 0.4) is 0 Å². The smallest absolute Gasteiger partial charge is 0.167 e. The summed E-state index contributed by atoms with van der Waals surface area (Å²) in [7, 11) is 0. The van der Waals surface area contributed by atoms with E-state index in [9.17, 15) is 4.79 Å². The molecule has 0 saturated heterocycles. The molecule has 5 nitrogen and oxygen atoms in total. The Morgan fingerprint density at radius 1 is 1.28 bits per heavy atom. The zero-order chi connectivity index (χ0) is 17.4. The number of Topliss-reactive ketones (excluding diaryl/α,β-unsaturated/α-hetero) is 1. The van der Waals surface area contributed by atoms with Crippen LogP contribution in [0.2, 0.25) is 0 Å². The lowest BCUT2D eigenvalue weighted by molar-refractivity contribution is 0.0977. The van der Waals surface area contributed by atoms with E-state index in [0.29, 0.717) is 10.3 Å². The molecule has 0 radical (unpaired) electrons. The number of fused-ring (bicyclic) bond motifs is 1. The minimum atomic E-state index is 0.0556. The molecule has 1 aliphatic heterocycles. The molecule has 1 aromatic rings. The molecule has 130 valence electrons. The van der Waals surface area contributed by atoms with Gasteiger partial charge >= 0.3 is 0 Å². The first kappa shape index (κ1) is 16.7. The summed E-state index contributed by atoms with van der Waals surface area (Å²) in [5.74, 6) is 6.73. The number of carbonyl (C=O) groups excluding carboxylic acids is 1. The van der Waals surface area contributed by atoms with Crippen molar-refractivity contribution < 1.29 is 4.79 Å². The normalized spacial score (nSPS) is 24.7. The van der Waals surface area contributed by atoms with Gasteiger partial charge in [-0.1, -0.05) is 53.0 Å². The summed E-state index contributed by atoms with van der Waals surface area (Å²) >= 11 is 2.36. The molecule has 0 fully saturated rings. The minimum Gasteiger partial charge on any atom is -0.387 e. The van der Waals surface area contributed by atoms with Gasteiger partial charge in [-0.25, -0.2) is 5.84 Å². The summed E-state index contributed by atoms with van der Waals surface area (Å²) in [6.07, 6.45) is 16.6. The summed E-state index contributed by atoms with van der Waals surface area (Å²) in [5, 5.41) is 4.94. The molecule has 4 rings (SSSR count). The maximum Gasteiger partial charge on any atom is 0.167 e. The number of hydrazine groups is 1. The SMILES string of the molecule is NN(c1c(C2=CCNC=C2)[nH]c2c1C(=O)CC(I)C2)C1C=CC=CC1. The van der Waals surface area contributed by atoms with Gasteiger partial charge in [-0.2, -0.15) is 0 Å². The van der Waals surface area contributed by atoms with Gasteiger partial charge in [0.2, 0.25) is 0 Å².